The number of nitrogens with zero attached hydrogens (tertiary/aromatic N) is 2. The molecule has 1 aromatic heterocycles. The van der Waals surface area contributed by atoms with Crippen molar-refractivity contribution in [3.8, 4) is 10.6 Å². The normalized spacial score (nSPS) is 20.7. The Morgan fingerprint density at radius 2 is 1.78 bits per heavy atom. The summed E-state index contributed by atoms with van der Waals surface area (Å²) < 4.78 is 24.2. The third kappa shape index (κ3) is 5.23. The van der Waals surface area contributed by atoms with Gasteiger partial charge in [-0.2, -0.15) is 0 Å². The van der Waals surface area contributed by atoms with Crippen LogP contribution >= 0.6 is 11.3 Å². The number of hydrogen-bond acceptors (Lipinski definition) is 6. The monoisotopic (exact) mass is 406 g/mol. The Bertz CT molecular complexity index is 868. The third-order valence-electron chi connectivity index (χ3n) is 5.30. The topological polar surface area (TPSA) is 77.0 Å². The number of aromatic nitrogens is 2. The lowest BCUT2D eigenvalue weighted by Crippen LogP contribution is -2.29. The molecule has 1 saturated carbocycles. The molecule has 0 saturated heterocycles. The molecule has 0 radical (unpaired) electrons. The molecule has 27 heavy (non-hydrogen) atoms. The van der Waals surface area contributed by atoms with E-state index in [1.807, 2.05) is 30.3 Å². The van der Waals surface area contributed by atoms with Crippen LogP contribution in [-0.4, -0.2) is 35.4 Å². The first-order valence-corrected chi connectivity index (χ1v) is 12.0. The van der Waals surface area contributed by atoms with E-state index in [4.69, 9.17) is 0 Å². The van der Waals surface area contributed by atoms with E-state index in [0.29, 0.717) is 6.42 Å². The molecule has 0 bridgehead atoms. The Balaban J connectivity index is 1.52. The number of sulfone groups is 1. The summed E-state index contributed by atoms with van der Waals surface area (Å²) in [5.74, 6) is 0.665. The smallest absolute Gasteiger partial charge is 0.152 e. The van der Waals surface area contributed by atoms with Crippen molar-refractivity contribution in [3.63, 3.8) is 0 Å². The van der Waals surface area contributed by atoms with Gasteiger partial charge >= 0.3 is 0 Å². The van der Waals surface area contributed by atoms with Gasteiger partial charge in [0.15, 0.2) is 9.84 Å². The summed E-state index contributed by atoms with van der Waals surface area (Å²) in [5.41, 5.74) is 1.01. The van der Waals surface area contributed by atoms with Crippen LogP contribution in [0.3, 0.4) is 0 Å². The van der Waals surface area contributed by atoms with Gasteiger partial charge in [-0.05, 0) is 45.4 Å². The first-order valence-electron chi connectivity index (χ1n) is 9.47. The Hall–Kier alpha value is -1.60. The molecule has 1 aliphatic rings. The van der Waals surface area contributed by atoms with Crippen LogP contribution in [0.25, 0.3) is 10.6 Å². The fourth-order valence-electron chi connectivity index (χ4n) is 3.49. The number of carbonyl (C=O) groups excluding carboxylic acids is 1. The Morgan fingerprint density at radius 3 is 2.41 bits per heavy atom. The summed E-state index contributed by atoms with van der Waals surface area (Å²) >= 11 is 1.47. The van der Waals surface area contributed by atoms with Crippen LogP contribution in [0.2, 0.25) is 0 Å². The van der Waals surface area contributed by atoms with Crippen molar-refractivity contribution in [2.75, 3.05) is 5.75 Å². The van der Waals surface area contributed by atoms with Gasteiger partial charge in [0.1, 0.15) is 15.8 Å². The maximum atomic E-state index is 12.6. The van der Waals surface area contributed by atoms with E-state index in [9.17, 15) is 13.2 Å². The van der Waals surface area contributed by atoms with Crippen LogP contribution in [0.15, 0.2) is 30.3 Å². The van der Waals surface area contributed by atoms with Crippen LogP contribution in [-0.2, 0) is 21.1 Å². The van der Waals surface area contributed by atoms with Gasteiger partial charge in [-0.15, -0.1) is 10.2 Å². The average molecular weight is 407 g/mol. The van der Waals surface area contributed by atoms with E-state index in [1.54, 1.807) is 13.8 Å². The molecule has 1 heterocycles. The van der Waals surface area contributed by atoms with E-state index in [1.165, 1.54) is 11.3 Å². The Morgan fingerprint density at radius 1 is 1.11 bits per heavy atom. The average Bonchev–Trinajstić information content (AvgIpc) is 3.11. The SMILES string of the molecule is CC(C)S(=O)(=O)CC1CCC(C(=O)Cc2nnc(-c3ccccc3)s2)CC1. The summed E-state index contributed by atoms with van der Waals surface area (Å²) in [6.07, 6.45) is 3.51. The summed E-state index contributed by atoms with van der Waals surface area (Å²) in [6.45, 7) is 3.46. The van der Waals surface area contributed by atoms with Gasteiger partial charge in [0.25, 0.3) is 0 Å². The molecule has 1 aromatic carbocycles. The van der Waals surface area contributed by atoms with Crippen molar-refractivity contribution in [2.45, 2.75) is 51.2 Å². The number of benzene rings is 1. The molecule has 2 aromatic rings. The van der Waals surface area contributed by atoms with Gasteiger partial charge in [-0.3, -0.25) is 4.79 Å². The van der Waals surface area contributed by atoms with E-state index in [-0.39, 0.29) is 28.6 Å². The standard InChI is InChI=1S/C20H26N2O3S2/c1-14(2)27(24,25)13-15-8-10-16(11-9-15)18(23)12-19-21-22-20(26-19)17-6-4-3-5-7-17/h3-7,14-16H,8-13H2,1-2H3. The first-order chi connectivity index (χ1) is 12.8. The number of ketones is 1. The second-order valence-electron chi connectivity index (χ2n) is 7.61. The number of rotatable bonds is 7. The summed E-state index contributed by atoms with van der Waals surface area (Å²) in [5, 5.41) is 9.64. The van der Waals surface area contributed by atoms with E-state index in [2.05, 4.69) is 10.2 Å². The zero-order valence-corrected chi connectivity index (χ0v) is 17.4. The zero-order chi connectivity index (χ0) is 19.4. The van der Waals surface area contributed by atoms with Crippen molar-refractivity contribution >= 4 is 27.0 Å². The molecule has 1 fully saturated rings. The minimum Gasteiger partial charge on any atom is -0.299 e. The second kappa shape index (κ2) is 8.61. The highest BCUT2D eigenvalue weighted by molar-refractivity contribution is 7.91. The maximum absolute atomic E-state index is 12.6. The third-order valence-corrected chi connectivity index (χ3v) is 8.65. The molecule has 5 nitrogen and oxygen atoms in total. The molecule has 0 amide bonds. The lowest BCUT2D eigenvalue weighted by molar-refractivity contribution is -0.123. The van der Waals surface area contributed by atoms with Gasteiger partial charge < -0.3 is 0 Å². The van der Waals surface area contributed by atoms with E-state index >= 15 is 0 Å². The zero-order valence-electron chi connectivity index (χ0n) is 15.8. The molecule has 0 spiro atoms. The first kappa shape index (κ1) is 20.1. The number of hydrogen-bond donors (Lipinski definition) is 0. The molecule has 0 atom stereocenters. The van der Waals surface area contributed by atoms with Gasteiger partial charge in [0.05, 0.1) is 17.4 Å². The van der Waals surface area contributed by atoms with Crippen LogP contribution in [0, 0.1) is 11.8 Å². The van der Waals surface area contributed by atoms with E-state index < -0.39 is 9.84 Å². The van der Waals surface area contributed by atoms with Gasteiger partial charge in [-0.1, -0.05) is 41.7 Å². The molecule has 0 N–H and O–H groups in total. The van der Waals surface area contributed by atoms with Crippen molar-refractivity contribution in [2.24, 2.45) is 11.8 Å². The van der Waals surface area contributed by atoms with Crippen molar-refractivity contribution in [3.05, 3.63) is 35.3 Å². The molecule has 7 heteroatoms. The van der Waals surface area contributed by atoms with Gasteiger partial charge in [-0.25, -0.2) is 8.42 Å². The molecule has 0 aliphatic heterocycles. The van der Waals surface area contributed by atoms with Crippen LogP contribution < -0.4 is 0 Å². The lowest BCUT2D eigenvalue weighted by atomic mass is 9.80. The van der Waals surface area contributed by atoms with Gasteiger partial charge in [0, 0.05) is 11.5 Å². The second-order valence-corrected chi connectivity index (χ2v) is 11.3. The fourth-order valence-corrected chi connectivity index (χ4v) is 5.72. The summed E-state index contributed by atoms with van der Waals surface area (Å²) in [4.78, 5) is 12.6. The van der Waals surface area contributed by atoms with Crippen molar-refractivity contribution in [1.82, 2.24) is 10.2 Å². The Kier molecular flexibility index (Phi) is 6.42. The predicted molar refractivity (Wildman–Crippen MR) is 108 cm³/mol. The lowest BCUT2D eigenvalue weighted by Gasteiger charge is -2.27. The van der Waals surface area contributed by atoms with Crippen molar-refractivity contribution in [1.29, 1.82) is 0 Å². The molecule has 3 rings (SSSR count). The summed E-state index contributed by atoms with van der Waals surface area (Å²) in [6, 6.07) is 9.84. The van der Waals surface area contributed by atoms with Crippen LogP contribution in [0.4, 0.5) is 0 Å². The predicted octanol–water partition coefficient (Wildman–Crippen LogP) is 3.95. The quantitative estimate of drug-likeness (QED) is 0.696. The van der Waals surface area contributed by atoms with Crippen LogP contribution in [0.5, 0.6) is 0 Å². The number of carbonyl (C=O) groups is 1. The highest BCUT2D eigenvalue weighted by atomic mass is 32.2. The number of Topliss-reactive ketones (excluding diaryl/α,β-unsaturated/α-hetero) is 1. The van der Waals surface area contributed by atoms with Crippen molar-refractivity contribution < 1.29 is 13.2 Å². The minimum absolute atomic E-state index is 0.0204. The highest BCUT2D eigenvalue weighted by Crippen LogP contribution is 2.32. The molecule has 0 unspecified atom stereocenters. The highest BCUT2D eigenvalue weighted by Gasteiger charge is 2.30. The van der Waals surface area contributed by atoms with Crippen LogP contribution in [0.1, 0.15) is 44.5 Å². The van der Waals surface area contributed by atoms with Gasteiger partial charge in [0.2, 0.25) is 0 Å². The van der Waals surface area contributed by atoms with E-state index in [0.717, 1.165) is 41.3 Å². The molecular weight excluding hydrogens is 380 g/mol. The largest absolute Gasteiger partial charge is 0.299 e. The minimum atomic E-state index is -3.01. The maximum Gasteiger partial charge on any atom is 0.152 e. The molecular formula is C20H26N2O3S2. The fraction of sp³-hybridized carbons (Fsp3) is 0.550. The molecule has 1 aliphatic carbocycles. The molecule has 146 valence electrons. The Labute approximate surface area is 165 Å². The summed E-state index contributed by atoms with van der Waals surface area (Å²) in [7, 11) is -3.01.